The fourth-order valence-electron chi connectivity index (χ4n) is 2.06. The third kappa shape index (κ3) is 5.17. The van der Waals surface area contributed by atoms with Crippen LogP contribution in [0.3, 0.4) is 0 Å². The standard InChI is InChI=1S/C14H21BrFN/c1-4-17-13(7-10(2)3)9-11-8-12(16)5-6-14(11)15/h5-6,8,10,13,17H,4,7,9H2,1-3H3. The minimum absolute atomic E-state index is 0.164. The molecule has 0 fully saturated rings. The van der Waals surface area contributed by atoms with Crippen molar-refractivity contribution in [3.8, 4) is 0 Å². The molecule has 0 heterocycles. The van der Waals surface area contributed by atoms with E-state index in [0.29, 0.717) is 12.0 Å². The Labute approximate surface area is 112 Å². The van der Waals surface area contributed by atoms with Crippen LogP contribution in [0.4, 0.5) is 4.39 Å². The first-order chi connectivity index (χ1) is 8.02. The molecule has 0 bridgehead atoms. The van der Waals surface area contributed by atoms with Gasteiger partial charge in [0.25, 0.3) is 0 Å². The summed E-state index contributed by atoms with van der Waals surface area (Å²) in [6.45, 7) is 7.48. The maximum atomic E-state index is 13.2. The van der Waals surface area contributed by atoms with Crippen LogP contribution in [-0.4, -0.2) is 12.6 Å². The second-order valence-corrected chi connectivity index (χ2v) is 5.68. The van der Waals surface area contributed by atoms with Crippen molar-refractivity contribution in [2.45, 2.75) is 39.7 Å². The van der Waals surface area contributed by atoms with Gasteiger partial charge in [-0.05, 0) is 49.1 Å². The van der Waals surface area contributed by atoms with E-state index in [0.717, 1.165) is 29.4 Å². The molecule has 0 saturated heterocycles. The van der Waals surface area contributed by atoms with E-state index in [1.807, 2.05) is 0 Å². The van der Waals surface area contributed by atoms with E-state index in [1.54, 1.807) is 12.1 Å². The van der Waals surface area contributed by atoms with E-state index in [-0.39, 0.29) is 5.82 Å². The molecule has 1 aromatic carbocycles. The Balaban J connectivity index is 2.74. The van der Waals surface area contributed by atoms with Crippen molar-refractivity contribution in [2.24, 2.45) is 5.92 Å². The van der Waals surface area contributed by atoms with E-state index < -0.39 is 0 Å². The molecule has 0 aliphatic rings. The van der Waals surface area contributed by atoms with Gasteiger partial charge in [-0.3, -0.25) is 0 Å². The number of hydrogen-bond acceptors (Lipinski definition) is 1. The third-order valence-corrected chi connectivity index (χ3v) is 3.50. The Bertz CT molecular complexity index is 352. The van der Waals surface area contributed by atoms with Crippen molar-refractivity contribution in [3.63, 3.8) is 0 Å². The van der Waals surface area contributed by atoms with Crippen LogP contribution >= 0.6 is 15.9 Å². The first-order valence-electron chi connectivity index (χ1n) is 6.20. The lowest BCUT2D eigenvalue weighted by molar-refractivity contribution is 0.423. The van der Waals surface area contributed by atoms with E-state index in [1.165, 1.54) is 6.07 Å². The third-order valence-electron chi connectivity index (χ3n) is 2.72. The predicted octanol–water partition coefficient (Wildman–Crippen LogP) is 4.15. The fourth-order valence-corrected chi connectivity index (χ4v) is 2.47. The Kier molecular flexibility index (Phi) is 6.14. The second-order valence-electron chi connectivity index (χ2n) is 4.82. The highest BCUT2D eigenvalue weighted by Gasteiger charge is 2.12. The Morgan fingerprint density at radius 2 is 2.06 bits per heavy atom. The molecular formula is C14H21BrFN. The van der Waals surface area contributed by atoms with Gasteiger partial charge in [0, 0.05) is 10.5 Å². The van der Waals surface area contributed by atoms with Gasteiger partial charge in [0.15, 0.2) is 0 Å². The Hall–Kier alpha value is -0.410. The molecule has 1 rings (SSSR count). The number of halogens is 2. The van der Waals surface area contributed by atoms with Gasteiger partial charge in [0.05, 0.1) is 0 Å². The van der Waals surface area contributed by atoms with Gasteiger partial charge >= 0.3 is 0 Å². The van der Waals surface area contributed by atoms with Crippen LogP contribution in [0.2, 0.25) is 0 Å². The van der Waals surface area contributed by atoms with Crippen molar-refractivity contribution in [2.75, 3.05) is 6.54 Å². The summed E-state index contributed by atoms with van der Waals surface area (Å²) in [4.78, 5) is 0. The summed E-state index contributed by atoms with van der Waals surface area (Å²) in [5, 5.41) is 3.47. The van der Waals surface area contributed by atoms with E-state index >= 15 is 0 Å². The quantitative estimate of drug-likeness (QED) is 0.832. The molecule has 0 aromatic heterocycles. The highest BCUT2D eigenvalue weighted by atomic mass is 79.9. The number of benzene rings is 1. The maximum Gasteiger partial charge on any atom is 0.123 e. The van der Waals surface area contributed by atoms with Crippen LogP contribution in [0.25, 0.3) is 0 Å². The van der Waals surface area contributed by atoms with Crippen LogP contribution in [0.5, 0.6) is 0 Å². The van der Waals surface area contributed by atoms with Gasteiger partial charge in [-0.25, -0.2) is 4.39 Å². The number of rotatable bonds is 6. The summed E-state index contributed by atoms with van der Waals surface area (Å²) in [6.07, 6.45) is 1.97. The zero-order valence-corrected chi connectivity index (χ0v) is 12.3. The Morgan fingerprint density at radius 3 is 2.65 bits per heavy atom. The summed E-state index contributed by atoms with van der Waals surface area (Å²) < 4.78 is 14.2. The second kappa shape index (κ2) is 7.12. The predicted molar refractivity (Wildman–Crippen MR) is 74.7 cm³/mol. The number of hydrogen-bond donors (Lipinski definition) is 1. The zero-order valence-electron chi connectivity index (χ0n) is 10.8. The van der Waals surface area contributed by atoms with E-state index in [9.17, 15) is 4.39 Å². The highest BCUT2D eigenvalue weighted by molar-refractivity contribution is 9.10. The van der Waals surface area contributed by atoms with Crippen LogP contribution in [0.15, 0.2) is 22.7 Å². The van der Waals surface area contributed by atoms with Crippen LogP contribution in [0, 0.1) is 11.7 Å². The lowest BCUT2D eigenvalue weighted by atomic mass is 9.97. The summed E-state index contributed by atoms with van der Waals surface area (Å²) in [5.41, 5.74) is 1.04. The van der Waals surface area contributed by atoms with E-state index in [4.69, 9.17) is 0 Å². The smallest absolute Gasteiger partial charge is 0.123 e. The van der Waals surface area contributed by atoms with Gasteiger partial charge < -0.3 is 5.32 Å². The maximum absolute atomic E-state index is 13.2. The molecule has 0 aliphatic heterocycles. The average molecular weight is 302 g/mol. The van der Waals surface area contributed by atoms with Gasteiger partial charge in [-0.2, -0.15) is 0 Å². The van der Waals surface area contributed by atoms with Gasteiger partial charge in [0.2, 0.25) is 0 Å². The molecule has 96 valence electrons. The largest absolute Gasteiger partial charge is 0.314 e. The topological polar surface area (TPSA) is 12.0 Å². The monoisotopic (exact) mass is 301 g/mol. The molecule has 0 radical (unpaired) electrons. The molecule has 0 amide bonds. The molecule has 0 saturated carbocycles. The highest BCUT2D eigenvalue weighted by Crippen LogP contribution is 2.21. The van der Waals surface area contributed by atoms with Crippen LogP contribution in [0.1, 0.15) is 32.8 Å². The van der Waals surface area contributed by atoms with Crippen molar-refractivity contribution < 1.29 is 4.39 Å². The van der Waals surface area contributed by atoms with Gasteiger partial charge in [0.1, 0.15) is 5.82 Å². The van der Waals surface area contributed by atoms with E-state index in [2.05, 4.69) is 42.0 Å². The molecule has 1 nitrogen and oxygen atoms in total. The lowest BCUT2D eigenvalue weighted by Crippen LogP contribution is -2.32. The summed E-state index contributed by atoms with van der Waals surface area (Å²) >= 11 is 3.48. The first kappa shape index (κ1) is 14.7. The average Bonchev–Trinajstić information content (AvgIpc) is 2.23. The fraction of sp³-hybridized carbons (Fsp3) is 0.571. The van der Waals surface area contributed by atoms with Crippen LogP contribution in [-0.2, 0) is 6.42 Å². The zero-order chi connectivity index (χ0) is 12.8. The number of nitrogens with one attached hydrogen (secondary N) is 1. The molecule has 17 heavy (non-hydrogen) atoms. The normalized spacial score (nSPS) is 13.1. The van der Waals surface area contributed by atoms with Crippen molar-refractivity contribution >= 4 is 15.9 Å². The van der Waals surface area contributed by atoms with Crippen molar-refractivity contribution in [3.05, 3.63) is 34.1 Å². The van der Waals surface area contributed by atoms with Crippen molar-refractivity contribution in [1.29, 1.82) is 0 Å². The van der Waals surface area contributed by atoms with Crippen LogP contribution < -0.4 is 5.32 Å². The molecule has 1 atom stereocenters. The van der Waals surface area contributed by atoms with Gasteiger partial charge in [-0.15, -0.1) is 0 Å². The molecule has 0 spiro atoms. The van der Waals surface area contributed by atoms with Gasteiger partial charge in [-0.1, -0.05) is 36.7 Å². The van der Waals surface area contributed by atoms with Crippen molar-refractivity contribution in [1.82, 2.24) is 5.32 Å². The molecular weight excluding hydrogens is 281 g/mol. The SMILES string of the molecule is CCNC(Cc1cc(F)ccc1Br)CC(C)C. The molecule has 1 aromatic rings. The lowest BCUT2D eigenvalue weighted by Gasteiger charge is -2.20. The molecule has 1 N–H and O–H groups in total. The summed E-state index contributed by atoms with van der Waals surface area (Å²) in [5.74, 6) is 0.481. The summed E-state index contributed by atoms with van der Waals surface area (Å²) in [7, 11) is 0. The number of likely N-dealkylation sites (N-methyl/N-ethyl adjacent to an activating group) is 1. The first-order valence-corrected chi connectivity index (χ1v) is 6.99. The minimum Gasteiger partial charge on any atom is -0.314 e. The molecule has 3 heteroatoms. The molecule has 0 aliphatic carbocycles. The minimum atomic E-state index is -0.164. The summed E-state index contributed by atoms with van der Waals surface area (Å²) in [6, 6.07) is 5.30. The molecule has 1 unspecified atom stereocenters. The Morgan fingerprint density at radius 1 is 1.35 bits per heavy atom.